The molecule has 30 heavy (non-hydrogen) atoms. The van der Waals surface area contributed by atoms with Crippen molar-refractivity contribution in [1.29, 1.82) is 5.26 Å². The van der Waals surface area contributed by atoms with Crippen LogP contribution in [0, 0.1) is 11.3 Å². The standard InChI is InChI=1S/C25H17ClN2O2/c26-23-10-3-1-8-21(23)19(14-27)13-20-16-28(24-11-4-2-9-22(20)24)15-17-6-5-7-18(12-17)25(29)30/h1-13,16H,15H2,(H,29,30). The lowest BCUT2D eigenvalue weighted by atomic mass is 10.0. The van der Waals surface area contributed by atoms with Crippen LogP contribution in [-0.4, -0.2) is 15.6 Å². The second-order valence-electron chi connectivity index (χ2n) is 6.88. The first kappa shape index (κ1) is 19.5. The van der Waals surface area contributed by atoms with Gasteiger partial charge in [0.25, 0.3) is 0 Å². The Morgan fingerprint density at radius 1 is 1.07 bits per heavy atom. The van der Waals surface area contributed by atoms with Crippen molar-refractivity contribution in [1.82, 2.24) is 4.57 Å². The van der Waals surface area contributed by atoms with Crippen molar-refractivity contribution >= 4 is 40.1 Å². The summed E-state index contributed by atoms with van der Waals surface area (Å²) < 4.78 is 2.06. The summed E-state index contributed by atoms with van der Waals surface area (Å²) in [5.41, 5.74) is 4.22. The van der Waals surface area contributed by atoms with Crippen molar-refractivity contribution in [2.24, 2.45) is 0 Å². The molecule has 5 heteroatoms. The molecular formula is C25H17ClN2O2. The number of carbonyl (C=O) groups is 1. The molecule has 0 atom stereocenters. The molecule has 0 aliphatic carbocycles. The van der Waals surface area contributed by atoms with E-state index in [4.69, 9.17) is 11.6 Å². The summed E-state index contributed by atoms with van der Waals surface area (Å²) in [6.45, 7) is 0.517. The van der Waals surface area contributed by atoms with E-state index in [1.54, 1.807) is 24.3 Å². The Bertz CT molecular complexity index is 1330. The van der Waals surface area contributed by atoms with E-state index in [0.29, 0.717) is 22.7 Å². The SMILES string of the molecule is N#CC(=Cc1cn(Cc2cccc(C(=O)O)c2)c2ccccc12)c1ccccc1Cl. The lowest BCUT2D eigenvalue weighted by Gasteiger charge is -2.06. The van der Waals surface area contributed by atoms with Crippen LogP contribution in [0.1, 0.15) is 27.0 Å². The molecule has 0 fully saturated rings. The van der Waals surface area contributed by atoms with E-state index in [1.807, 2.05) is 60.8 Å². The van der Waals surface area contributed by atoms with Gasteiger partial charge >= 0.3 is 5.97 Å². The van der Waals surface area contributed by atoms with Crippen LogP contribution in [0.25, 0.3) is 22.6 Å². The van der Waals surface area contributed by atoms with E-state index in [-0.39, 0.29) is 5.56 Å². The Morgan fingerprint density at radius 2 is 1.83 bits per heavy atom. The molecule has 1 N–H and O–H groups in total. The number of nitriles is 1. The Kier molecular flexibility index (Phi) is 5.38. The van der Waals surface area contributed by atoms with Crippen LogP contribution in [0.3, 0.4) is 0 Å². The lowest BCUT2D eigenvalue weighted by Crippen LogP contribution is -2.01. The predicted molar refractivity (Wildman–Crippen MR) is 119 cm³/mol. The van der Waals surface area contributed by atoms with E-state index in [0.717, 1.165) is 22.0 Å². The summed E-state index contributed by atoms with van der Waals surface area (Å²) >= 11 is 6.29. The molecule has 4 aromatic rings. The monoisotopic (exact) mass is 412 g/mol. The van der Waals surface area contributed by atoms with Gasteiger partial charge in [0.05, 0.1) is 17.2 Å². The highest BCUT2D eigenvalue weighted by atomic mass is 35.5. The number of allylic oxidation sites excluding steroid dienone is 1. The van der Waals surface area contributed by atoms with Gasteiger partial charge in [-0.25, -0.2) is 4.79 Å². The van der Waals surface area contributed by atoms with Crippen molar-refractivity contribution in [3.05, 3.63) is 106 Å². The number of benzene rings is 3. The molecule has 0 amide bonds. The van der Waals surface area contributed by atoms with Crippen LogP contribution in [0.5, 0.6) is 0 Å². The second-order valence-corrected chi connectivity index (χ2v) is 7.29. The average molecular weight is 413 g/mol. The van der Waals surface area contributed by atoms with E-state index < -0.39 is 5.97 Å². The lowest BCUT2D eigenvalue weighted by molar-refractivity contribution is 0.0696. The minimum Gasteiger partial charge on any atom is -0.478 e. The zero-order chi connectivity index (χ0) is 21.1. The van der Waals surface area contributed by atoms with Gasteiger partial charge < -0.3 is 9.67 Å². The van der Waals surface area contributed by atoms with Gasteiger partial charge in [-0.3, -0.25) is 0 Å². The molecule has 0 unspecified atom stereocenters. The fraction of sp³-hybridized carbons (Fsp3) is 0.0400. The molecule has 4 nitrogen and oxygen atoms in total. The fourth-order valence-corrected chi connectivity index (χ4v) is 3.76. The number of carboxylic acid groups (broad SMARTS) is 1. The minimum absolute atomic E-state index is 0.259. The number of rotatable bonds is 5. The summed E-state index contributed by atoms with van der Waals surface area (Å²) in [4.78, 5) is 11.3. The molecule has 0 saturated carbocycles. The maximum absolute atomic E-state index is 11.3. The third-order valence-electron chi connectivity index (χ3n) is 4.93. The summed E-state index contributed by atoms with van der Waals surface area (Å²) in [6, 6.07) is 24.4. The summed E-state index contributed by atoms with van der Waals surface area (Å²) in [6.07, 6.45) is 3.82. The van der Waals surface area contributed by atoms with Crippen LogP contribution in [-0.2, 0) is 6.54 Å². The van der Waals surface area contributed by atoms with Gasteiger partial charge in [0.2, 0.25) is 0 Å². The van der Waals surface area contributed by atoms with Crippen molar-refractivity contribution in [3.63, 3.8) is 0 Å². The molecule has 0 bridgehead atoms. The predicted octanol–water partition coefficient (Wildman–Crippen LogP) is 6.11. The van der Waals surface area contributed by atoms with Crippen LogP contribution < -0.4 is 0 Å². The normalized spacial score (nSPS) is 11.4. The summed E-state index contributed by atoms with van der Waals surface area (Å²) in [5, 5.41) is 20.5. The van der Waals surface area contributed by atoms with Gasteiger partial charge in [-0.15, -0.1) is 0 Å². The molecule has 3 aromatic carbocycles. The second kappa shape index (κ2) is 8.28. The van der Waals surface area contributed by atoms with Gasteiger partial charge in [-0.05, 0) is 35.9 Å². The maximum atomic E-state index is 11.3. The quantitative estimate of drug-likeness (QED) is 0.402. The Hall–Kier alpha value is -3.81. The summed E-state index contributed by atoms with van der Waals surface area (Å²) in [5.74, 6) is -0.948. The van der Waals surface area contributed by atoms with Crippen LogP contribution >= 0.6 is 11.6 Å². The van der Waals surface area contributed by atoms with Gasteiger partial charge in [0.15, 0.2) is 0 Å². The number of halogens is 1. The molecule has 0 aliphatic rings. The summed E-state index contributed by atoms with van der Waals surface area (Å²) in [7, 11) is 0. The molecule has 1 heterocycles. The zero-order valence-corrected chi connectivity index (χ0v) is 16.7. The Morgan fingerprint density at radius 3 is 2.60 bits per heavy atom. The number of aromatic nitrogens is 1. The smallest absolute Gasteiger partial charge is 0.335 e. The maximum Gasteiger partial charge on any atom is 0.335 e. The van der Waals surface area contributed by atoms with Crippen molar-refractivity contribution < 1.29 is 9.90 Å². The fourth-order valence-electron chi connectivity index (χ4n) is 3.53. The van der Waals surface area contributed by atoms with E-state index in [2.05, 4.69) is 10.6 Å². The van der Waals surface area contributed by atoms with Crippen LogP contribution in [0.2, 0.25) is 5.02 Å². The number of hydrogen-bond donors (Lipinski definition) is 1. The third kappa shape index (κ3) is 3.84. The first-order valence-corrected chi connectivity index (χ1v) is 9.71. The highest BCUT2D eigenvalue weighted by molar-refractivity contribution is 6.32. The highest BCUT2D eigenvalue weighted by Gasteiger charge is 2.11. The molecule has 0 aliphatic heterocycles. The molecule has 4 rings (SSSR count). The average Bonchev–Trinajstić information content (AvgIpc) is 3.10. The third-order valence-corrected chi connectivity index (χ3v) is 5.26. The van der Waals surface area contributed by atoms with E-state index >= 15 is 0 Å². The van der Waals surface area contributed by atoms with E-state index in [1.165, 1.54) is 0 Å². The molecule has 0 spiro atoms. The number of aromatic carboxylic acids is 1. The van der Waals surface area contributed by atoms with Gasteiger partial charge in [0, 0.05) is 39.8 Å². The largest absolute Gasteiger partial charge is 0.478 e. The zero-order valence-electron chi connectivity index (χ0n) is 15.9. The van der Waals surface area contributed by atoms with Crippen molar-refractivity contribution in [3.8, 4) is 6.07 Å². The minimum atomic E-state index is -0.948. The molecule has 1 aromatic heterocycles. The first-order valence-electron chi connectivity index (χ1n) is 9.33. The van der Waals surface area contributed by atoms with Crippen LogP contribution in [0.4, 0.5) is 0 Å². The number of nitrogens with zero attached hydrogens (tertiary/aromatic N) is 2. The number of carboxylic acids is 1. The molecule has 0 saturated heterocycles. The number of hydrogen-bond acceptors (Lipinski definition) is 2. The van der Waals surface area contributed by atoms with Crippen molar-refractivity contribution in [2.75, 3.05) is 0 Å². The first-order chi connectivity index (χ1) is 14.6. The number of fused-ring (bicyclic) bond motifs is 1. The van der Waals surface area contributed by atoms with Gasteiger partial charge in [-0.1, -0.05) is 60.1 Å². The molecule has 146 valence electrons. The Labute approximate surface area is 178 Å². The van der Waals surface area contributed by atoms with Crippen molar-refractivity contribution in [2.45, 2.75) is 6.54 Å². The molecular weight excluding hydrogens is 396 g/mol. The van der Waals surface area contributed by atoms with E-state index in [9.17, 15) is 15.2 Å². The van der Waals surface area contributed by atoms with Gasteiger partial charge in [0.1, 0.15) is 0 Å². The highest BCUT2D eigenvalue weighted by Crippen LogP contribution is 2.29. The Balaban J connectivity index is 1.80. The number of para-hydroxylation sites is 1. The van der Waals surface area contributed by atoms with Crippen LogP contribution in [0.15, 0.2) is 79.0 Å². The molecule has 0 radical (unpaired) electrons. The topological polar surface area (TPSA) is 66.0 Å². The van der Waals surface area contributed by atoms with Gasteiger partial charge in [-0.2, -0.15) is 5.26 Å².